The van der Waals surface area contributed by atoms with Crippen LogP contribution < -0.4 is 0 Å². The fourth-order valence-electron chi connectivity index (χ4n) is 5.58. The van der Waals surface area contributed by atoms with Crippen molar-refractivity contribution >= 4 is 27.7 Å². The average Bonchev–Trinajstić information content (AvgIpc) is 3.48. The quantitative estimate of drug-likeness (QED) is 0.590. The van der Waals surface area contributed by atoms with Crippen molar-refractivity contribution in [3.05, 3.63) is 59.1 Å². The molecule has 5 rings (SSSR count). The molecule has 2 saturated heterocycles. The highest BCUT2D eigenvalue weighted by Crippen LogP contribution is 2.52. The van der Waals surface area contributed by atoms with Gasteiger partial charge in [-0.05, 0) is 80.8 Å². The zero-order valence-electron chi connectivity index (χ0n) is 19.7. The van der Waals surface area contributed by atoms with Crippen LogP contribution in [0.2, 0.25) is 5.02 Å². The minimum atomic E-state index is -4.07. The van der Waals surface area contributed by atoms with Gasteiger partial charge in [0.15, 0.2) is 0 Å². The Kier molecular flexibility index (Phi) is 6.97. The maximum atomic E-state index is 14.1. The third kappa shape index (κ3) is 4.71. The van der Waals surface area contributed by atoms with Crippen molar-refractivity contribution in [2.45, 2.75) is 73.6 Å². The topological polar surface area (TPSA) is 100 Å². The number of amides is 1. The first-order valence-corrected chi connectivity index (χ1v) is 14.1. The van der Waals surface area contributed by atoms with Crippen LogP contribution in [0.4, 0.5) is 9.18 Å². The Labute approximate surface area is 215 Å². The van der Waals surface area contributed by atoms with E-state index in [9.17, 15) is 22.7 Å². The van der Waals surface area contributed by atoms with Crippen molar-refractivity contribution in [3.63, 3.8) is 0 Å². The van der Waals surface area contributed by atoms with Gasteiger partial charge in [0, 0.05) is 17.8 Å². The number of hydrogen-bond acceptors (Lipinski definition) is 6. The summed E-state index contributed by atoms with van der Waals surface area (Å²) in [6, 6.07) is 5.66. The molecular weight excluding hydrogens is 509 g/mol. The second kappa shape index (κ2) is 9.89. The molecule has 1 N–H and O–H groups in total. The van der Waals surface area contributed by atoms with Crippen LogP contribution in [0.3, 0.4) is 0 Å². The van der Waals surface area contributed by atoms with Crippen LogP contribution in [-0.4, -0.2) is 64.6 Å². The third-order valence-electron chi connectivity index (χ3n) is 7.53. The molecule has 1 aromatic carbocycles. The van der Waals surface area contributed by atoms with Gasteiger partial charge in [0.05, 0.1) is 35.8 Å². The fraction of sp³-hybridized carbons (Fsp3) is 0.520. The Bertz CT molecular complexity index is 1220. The van der Waals surface area contributed by atoms with Crippen molar-refractivity contribution in [2.75, 3.05) is 13.2 Å². The number of aliphatic hydroxyl groups excluding tert-OH is 1. The molecule has 36 heavy (non-hydrogen) atoms. The first kappa shape index (κ1) is 25.4. The van der Waals surface area contributed by atoms with Crippen molar-refractivity contribution in [1.82, 2.24) is 14.2 Å². The van der Waals surface area contributed by atoms with E-state index in [0.717, 1.165) is 12.6 Å². The smallest absolute Gasteiger partial charge is 0.410 e. The molecule has 0 spiro atoms. The molecule has 3 heterocycles. The van der Waals surface area contributed by atoms with Crippen molar-refractivity contribution in [3.8, 4) is 0 Å². The summed E-state index contributed by atoms with van der Waals surface area (Å²) in [5.41, 5.74) is -0.516. The summed E-state index contributed by atoms with van der Waals surface area (Å²) < 4.78 is 49.7. The summed E-state index contributed by atoms with van der Waals surface area (Å²) in [5, 5.41) is 10.1. The number of aliphatic hydroxyl groups is 1. The van der Waals surface area contributed by atoms with Gasteiger partial charge >= 0.3 is 6.09 Å². The van der Waals surface area contributed by atoms with E-state index in [1.165, 1.54) is 45.7 Å². The standard InChI is InChI=1S/C25H29ClFN3O5S/c26-18-6-8-21(9-7-18)36(33,34)30-22(17-13-19(27)15-28-14-17)4-1-5-23(30)25(10-11-25)35-24(32)29-12-2-3-20(29)16-31/h6-9,13-15,20,22-23,31H,1-5,10-12,16H2/t20-,22-,23+/m0/s1. The van der Waals surface area contributed by atoms with Crippen molar-refractivity contribution < 1.29 is 27.4 Å². The summed E-state index contributed by atoms with van der Waals surface area (Å²) in [4.78, 5) is 18.7. The SMILES string of the molecule is O=C(OC1([C@H]2CCC[C@@H](c3cncc(F)c3)N2S(=O)(=O)c2ccc(Cl)cc2)CC1)N1CCC[C@H]1CO. The first-order valence-electron chi connectivity index (χ1n) is 12.3. The molecule has 11 heteroatoms. The number of benzene rings is 1. The highest BCUT2D eigenvalue weighted by atomic mass is 35.5. The van der Waals surface area contributed by atoms with Gasteiger partial charge in [0.1, 0.15) is 11.4 Å². The number of pyridine rings is 1. The predicted octanol–water partition coefficient (Wildman–Crippen LogP) is 4.28. The monoisotopic (exact) mass is 537 g/mol. The molecule has 8 nitrogen and oxygen atoms in total. The second-order valence-corrected chi connectivity index (χ2v) is 12.1. The molecule has 1 amide bonds. The van der Waals surface area contributed by atoms with Crippen LogP contribution in [0.25, 0.3) is 0 Å². The van der Waals surface area contributed by atoms with E-state index in [0.29, 0.717) is 55.7 Å². The lowest BCUT2D eigenvalue weighted by molar-refractivity contribution is -0.0125. The van der Waals surface area contributed by atoms with Crippen molar-refractivity contribution in [1.29, 1.82) is 0 Å². The van der Waals surface area contributed by atoms with E-state index in [1.807, 2.05) is 0 Å². The Balaban J connectivity index is 1.52. The van der Waals surface area contributed by atoms with E-state index < -0.39 is 39.6 Å². The Hall–Kier alpha value is -2.27. The normalized spacial score (nSPS) is 26.1. The summed E-state index contributed by atoms with van der Waals surface area (Å²) in [6.45, 7) is 0.354. The number of sulfonamides is 1. The van der Waals surface area contributed by atoms with Gasteiger partial charge in [-0.2, -0.15) is 4.31 Å². The maximum Gasteiger partial charge on any atom is 0.410 e. The van der Waals surface area contributed by atoms with Crippen LogP contribution in [0.1, 0.15) is 56.6 Å². The molecular formula is C25H29ClFN3O5S. The molecule has 0 bridgehead atoms. The predicted molar refractivity (Wildman–Crippen MR) is 130 cm³/mol. The number of ether oxygens (including phenoxy) is 1. The zero-order chi connectivity index (χ0) is 25.5. The Morgan fingerprint density at radius 3 is 2.58 bits per heavy atom. The average molecular weight is 538 g/mol. The molecule has 194 valence electrons. The lowest BCUT2D eigenvalue weighted by Crippen LogP contribution is -2.54. The zero-order valence-corrected chi connectivity index (χ0v) is 21.3. The van der Waals surface area contributed by atoms with Crippen LogP contribution in [-0.2, 0) is 14.8 Å². The van der Waals surface area contributed by atoms with Gasteiger partial charge in [0.2, 0.25) is 10.0 Å². The number of carbonyl (C=O) groups is 1. The summed E-state index contributed by atoms with van der Waals surface area (Å²) in [6.07, 6.45) is 6.25. The van der Waals surface area contributed by atoms with Gasteiger partial charge in [0.25, 0.3) is 0 Å². The maximum absolute atomic E-state index is 14.1. The number of aromatic nitrogens is 1. The number of piperidine rings is 1. The molecule has 1 aromatic heterocycles. The van der Waals surface area contributed by atoms with Gasteiger partial charge in [-0.25, -0.2) is 17.6 Å². The molecule has 0 radical (unpaired) electrons. The molecule has 3 fully saturated rings. The van der Waals surface area contributed by atoms with Gasteiger partial charge < -0.3 is 14.7 Å². The van der Waals surface area contributed by atoms with Gasteiger partial charge in [-0.3, -0.25) is 4.98 Å². The number of hydrogen-bond donors (Lipinski definition) is 1. The molecule has 3 aliphatic rings. The van der Waals surface area contributed by atoms with E-state index in [4.69, 9.17) is 16.3 Å². The van der Waals surface area contributed by atoms with Crippen molar-refractivity contribution in [2.24, 2.45) is 0 Å². The van der Waals surface area contributed by atoms with Crippen LogP contribution in [0.15, 0.2) is 47.6 Å². The summed E-state index contributed by atoms with van der Waals surface area (Å²) in [7, 11) is -4.07. The van der Waals surface area contributed by atoms with E-state index in [-0.39, 0.29) is 17.5 Å². The first-order chi connectivity index (χ1) is 17.2. The fourth-order valence-corrected chi connectivity index (χ4v) is 7.63. The summed E-state index contributed by atoms with van der Waals surface area (Å²) >= 11 is 6.01. The van der Waals surface area contributed by atoms with Crippen LogP contribution in [0, 0.1) is 5.82 Å². The number of carbonyl (C=O) groups excluding carboxylic acids is 1. The molecule has 1 aliphatic carbocycles. The minimum absolute atomic E-state index is 0.0650. The molecule has 3 atom stereocenters. The Morgan fingerprint density at radius 1 is 1.17 bits per heavy atom. The highest BCUT2D eigenvalue weighted by molar-refractivity contribution is 7.89. The number of nitrogens with zero attached hydrogens (tertiary/aromatic N) is 3. The molecule has 1 saturated carbocycles. The largest absolute Gasteiger partial charge is 0.441 e. The number of rotatable bonds is 6. The van der Waals surface area contributed by atoms with E-state index >= 15 is 0 Å². The van der Waals surface area contributed by atoms with E-state index in [2.05, 4.69) is 4.98 Å². The lowest BCUT2D eigenvalue weighted by atomic mass is 9.90. The second-order valence-electron chi connectivity index (χ2n) is 9.79. The van der Waals surface area contributed by atoms with Gasteiger partial charge in [-0.1, -0.05) is 11.6 Å². The van der Waals surface area contributed by atoms with Crippen LogP contribution in [0.5, 0.6) is 0 Å². The Morgan fingerprint density at radius 2 is 1.92 bits per heavy atom. The van der Waals surface area contributed by atoms with Gasteiger partial charge in [-0.15, -0.1) is 0 Å². The van der Waals surface area contributed by atoms with Crippen LogP contribution >= 0.6 is 11.6 Å². The molecule has 0 unspecified atom stereocenters. The number of halogens is 2. The molecule has 2 aromatic rings. The van der Waals surface area contributed by atoms with E-state index in [1.54, 1.807) is 0 Å². The summed E-state index contributed by atoms with van der Waals surface area (Å²) in [5.74, 6) is -0.546. The minimum Gasteiger partial charge on any atom is -0.441 e. The number of likely N-dealkylation sites (tertiary alicyclic amines) is 1. The lowest BCUT2D eigenvalue weighted by Gasteiger charge is -2.44. The molecule has 2 aliphatic heterocycles. The third-order valence-corrected chi connectivity index (χ3v) is 9.72. The highest BCUT2D eigenvalue weighted by Gasteiger charge is 2.60.